The molecular weight excluding hydrogens is 402 g/mol. The zero-order valence-corrected chi connectivity index (χ0v) is 17.0. The van der Waals surface area contributed by atoms with Crippen LogP contribution in [0.15, 0.2) is 60.9 Å². The number of hydrogen-bond donors (Lipinski definition) is 2. The molecule has 1 saturated carbocycles. The summed E-state index contributed by atoms with van der Waals surface area (Å²) in [5, 5.41) is 13.2. The van der Waals surface area contributed by atoms with Crippen LogP contribution in [-0.2, 0) is 11.2 Å². The summed E-state index contributed by atoms with van der Waals surface area (Å²) in [7, 11) is 0. The van der Waals surface area contributed by atoms with Crippen LogP contribution in [0.4, 0.5) is 5.82 Å². The number of nitrogens with one attached hydrogen (secondary N) is 1. The van der Waals surface area contributed by atoms with Crippen molar-refractivity contribution in [2.75, 3.05) is 11.9 Å². The Hall–Kier alpha value is -3.12. The third kappa shape index (κ3) is 5.48. The van der Waals surface area contributed by atoms with Crippen LogP contribution in [0.25, 0.3) is 11.3 Å². The smallest absolute Gasteiger partial charge is 0.326 e. The van der Waals surface area contributed by atoms with Gasteiger partial charge in [-0.15, -0.1) is 0 Å². The van der Waals surface area contributed by atoms with Gasteiger partial charge in [-0.25, -0.2) is 14.8 Å². The van der Waals surface area contributed by atoms with Gasteiger partial charge in [0.2, 0.25) is 0 Å². The second-order valence-electron chi connectivity index (χ2n) is 7.43. The molecule has 0 bridgehead atoms. The number of anilines is 1. The van der Waals surface area contributed by atoms with Crippen molar-refractivity contribution in [3.63, 3.8) is 0 Å². The molecular formula is C23H22ClN3O3. The van der Waals surface area contributed by atoms with Crippen LogP contribution >= 0.6 is 11.6 Å². The lowest BCUT2D eigenvalue weighted by Crippen LogP contribution is -2.31. The normalized spacial score (nSPS) is 14.2. The SMILES string of the molecule is O=C(O)[C@H](Cc1ccc(Cl)cc1)Nc1cc(-c2ccc(OCC3CC3)cc2)ncn1. The lowest BCUT2D eigenvalue weighted by atomic mass is 10.1. The van der Waals surface area contributed by atoms with Crippen LogP contribution < -0.4 is 10.1 Å². The first kappa shape index (κ1) is 20.2. The van der Waals surface area contributed by atoms with Crippen molar-refractivity contribution >= 4 is 23.4 Å². The van der Waals surface area contributed by atoms with Crippen LogP contribution in [0.5, 0.6) is 5.75 Å². The Morgan fingerprint density at radius 2 is 1.87 bits per heavy atom. The molecule has 30 heavy (non-hydrogen) atoms. The van der Waals surface area contributed by atoms with E-state index in [1.807, 2.05) is 36.4 Å². The van der Waals surface area contributed by atoms with Gasteiger partial charge in [0.1, 0.15) is 23.9 Å². The fraction of sp³-hybridized carbons (Fsp3) is 0.261. The predicted octanol–water partition coefficient (Wildman–Crippen LogP) is 4.69. The van der Waals surface area contributed by atoms with Crippen LogP contribution in [0.3, 0.4) is 0 Å². The number of carboxylic acids is 1. The number of nitrogens with zero attached hydrogens (tertiary/aromatic N) is 2. The van der Waals surface area contributed by atoms with Gasteiger partial charge in [0.25, 0.3) is 0 Å². The number of aliphatic carboxylic acids is 1. The summed E-state index contributed by atoms with van der Waals surface area (Å²) in [6.07, 6.45) is 4.24. The van der Waals surface area contributed by atoms with Crippen molar-refractivity contribution in [1.29, 1.82) is 0 Å². The average Bonchev–Trinajstić information content (AvgIpc) is 3.58. The van der Waals surface area contributed by atoms with Gasteiger partial charge in [-0.05, 0) is 60.7 Å². The summed E-state index contributed by atoms with van der Waals surface area (Å²) in [4.78, 5) is 20.2. The molecule has 1 aliphatic carbocycles. The van der Waals surface area contributed by atoms with E-state index < -0.39 is 12.0 Å². The van der Waals surface area contributed by atoms with Gasteiger partial charge in [-0.3, -0.25) is 0 Å². The van der Waals surface area contributed by atoms with Gasteiger partial charge in [0, 0.05) is 23.1 Å². The number of benzene rings is 2. The highest BCUT2D eigenvalue weighted by Crippen LogP contribution is 2.30. The standard InChI is InChI=1S/C23H22ClN3O3/c24-18-7-3-15(4-8-18)11-21(23(28)29)27-22-12-20(25-14-26-22)17-5-9-19(10-6-17)30-13-16-1-2-16/h3-10,12,14,16,21H,1-2,11,13H2,(H,28,29)(H,25,26,27)/t21-/m0/s1. The molecule has 0 radical (unpaired) electrons. The quantitative estimate of drug-likeness (QED) is 0.519. The zero-order chi connectivity index (χ0) is 20.9. The van der Waals surface area contributed by atoms with E-state index in [0.29, 0.717) is 28.9 Å². The topological polar surface area (TPSA) is 84.3 Å². The molecule has 1 aliphatic rings. The predicted molar refractivity (Wildman–Crippen MR) is 116 cm³/mol. The molecule has 1 atom stereocenters. The van der Waals surface area contributed by atoms with Gasteiger partial charge in [0.05, 0.1) is 12.3 Å². The van der Waals surface area contributed by atoms with Crippen molar-refractivity contribution < 1.29 is 14.6 Å². The minimum Gasteiger partial charge on any atom is -0.493 e. The molecule has 4 rings (SSSR count). The van der Waals surface area contributed by atoms with Gasteiger partial charge >= 0.3 is 5.97 Å². The number of carboxylic acid groups (broad SMARTS) is 1. The number of rotatable bonds is 9. The Morgan fingerprint density at radius 3 is 2.53 bits per heavy atom. The Balaban J connectivity index is 1.44. The second-order valence-corrected chi connectivity index (χ2v) is 7.87. The molecule has 6 nitrogen and oxygen atoms in total. The lowest BCUT2D eigenvalue weighted by Gasteiger charge is -2.15. The molecule has 0 unspecified atom stereocenters. The van der Waals surface area contributed by atoms with E-state index in [4.69, 9.17) is 16.3 Å². The molecule has 154 valence electrons. The van der Waals surface area contributed by atoms with Crippen molar-refractivity contribution in [1.82, 2.24) is 9.97 Å². The summed E-state index contributed by atoms with van der Waals surface area (Å²) >= 11 is 5.90. The van der Waals surface area contributed by atoms with E-state index in [9.17, 15) is 9.90 Å². The minimum absolute atomic E-state index is 0.304. The first-order valence-electron chi connectivity index (χ1n) is 9.86. The minimum atomic E-state index is -0.956. The summed E-state index contributed by atoms with van der Waals surface area (Å²) in [6, 6.07) is 15.8. The fourth-order valence-electron chi connectivity index (χ4n) is 3.05. The number of hydrogen-bond acceptors (Lipinski definition) is 5. The lowest BCUT2D eigenvalue weighted by molar-refractivity contribution is -0.137. The van der Waals surface area contributed by atoms with E-state index in [2.05, 4.69) is 15.3 Å². The molecule has 1 fully saturated rings. The molecule has 1 heterocycles. The maximum Gasteiger partial charge on any atom is 0.326 e. The molecule has 3 aromatic rings. The van der Waals surface area contributed by atoms with Crippen LogP contribution in [0.1, 0.15) is 18.4 Å². The highest BCUT2D eigenvalue weighted by atomic mass is 35.5. The monoisotopic (exact) mass is 423 g/mol. The second kappa shape index (κ2) is 9.13. The largest absolute Gasteiger partial charge is 0.493 e. The summed E-state index contributed by atoms with van der Waals surface area (Å²) in [5.74, 6) is 1.04. The first-order chi connectivity index (χ1) is 14.6. The highest BCUT2D eigenvalue weighted by Gasteiger charge is 2.22. The maximum atomic E-state index is 11.7. The van der Waals surface area contributed by atoms with Gasteiger partial charge in [-0.2, -0.15) is 0 Å². The fourth-order valence-corrected chi connectivity index (χ4v) is 3.18. The summed E-state index contributed by atoms with van der Waals surface area (Å²) in [6.45, 7) is 0.769. The molecule has 0 spiro atoms. The highest BCUT2D eigenvalue weighted by molar-refractivity contribution is 6.30. The first-order valence-corrected chi connectivity index (χ1v) is 10.2. The van der Waals surface area contributed by atoms with Crippen molar-refractivity contribution in [2.45, 2.75) is 25.3 Å². The van der Waals surface area contributed by atoms with Crippen molar-refractivity contribution in [2.24, 2.45) is 5.92 Å². The summed E-state index contributed by atoms with van der Waals surface area (Å²) in [5.41, 5.74) is 2.48. The van der Waals surface area contributed by atoms with Gasteiger partial charge in [-0.1, -0.05) is 23.7 Å². The number of halogens is 1. The Labute approximate surface area is 179 Å². The van der Waals surface area contributed by atoms with Crippen LogP contribution in [0, 0.1) is 5.92 Å². The van der Waals surface area contributed by atoms with E-state index in [1.165, 1.54) is 19.2 Å². The Kier molecular flexibility index (Phi) is 6.14. The number of ether oxygens (including phenoxy) is 1. The van der Waals surface area contributed by atoms with Gasteiger partial charge in [0.15, 0.2) is 0 Å². The number of aromatic nitrogens is 2. The third-order valence-corrected chi connectivity index (χ3v) is 5.23. The van der Waals surface area contributed by atoms with Crippen molar-refractivity contribution in [3.05, 3.63) is 71.5 Å². The third-order valence-electron chi connectivity index (χ3n) is 4.97. The van der Waals surface area contributed by atoms with E-state index in [0.717, 1.165) is 23.5 Å². The van der Waals surface area contributed by atoms with Crippen LogP contribution in [0.2, 0.25) is 5.02 Å². The van der Waals surface area contributed by atoms with E-state index in [-0.39, 0.29) is 0 Å². The van der Waals surface area contributed by atoms with Crippen LogP contribution in [-0.4, -0.2) is 33.7 Å². The van der Waals surface area contributed by atoms with E-state index >= 15 is 0 Å². The van der Waals surface area contributed by atoms with E-state index in [1.54, 1.807) is 18.2 Å². The Morgan fingerprint density at radius 1 is 1.13 bits per heavy atom. The average molecular weight is 424 g/mol. The maximum absolute atomic E-state index is 11.7. The molecule has 0 amide bonds. The summed E-state index contributed by atoms with van der Waals surface area (Å²) < 4.78 is 5.77. The molecule has 2 N–H and O–H groups in total. The van der Waals surface area contributed by atoms with Crippen molar-refractivity contribution in [3.8, 4) is 17.0 Å². The molecule has 2 aromatic carbocycles. The zero-order valence-electron chi connectivity index (χ0n) is 16.3. The molecule has 7 heteroatoms. The molecule has 1 aromatic heterocycles. The number of carbonyl (C=O) groups is 1. The molecule has 0 aliphatic heterocycles. The molecule has 0 saturated heterocycles. The Bertz CT molecular complexity index is 1000. The van der Waals surface area contributed by atoms with Gasteiger partial charge < -0.3 is 15.2 Å².